The van der Waals surface area contributed by atoms with Crippen molar-refractivity contribution >= 4 is 67.6 Å². The van der Waals surface area contributed by atoms with Crippen molar-refractivity contribution in [2.75, 3.05) is 0 Å². The standard InChI is InChI=1S/5C18H36O2.Ca.La/c5*1-2-3-4-5-6-7-8-9-10-11-12-13-14-15-16-17-18(19)20;;/h5*2-17H2,1H3,(H,19,20);;/q;;;;;+2;/p-2. The van der Waals surface area contributed by atoms with Gasteiger partial charge in [-0.3, -0.25) is 14.4 Å². The molecule has 0 heterocycles. The van der Waals surface area contributed by atoms with Crippen molar-refractivity contribution in [1.82, 2.24) is 0 Å². The molecule has 0 aromatic carbocycles. The van der Waals surface area contributed by atoms with Crippen LogP contribution in [0.1, 0.15) is 548 Å². The van der Waals surface area contributed by atoms with E-state index in [0.29, 0.717) is 19.3 Å². The minimum absolute atomic E-state index is 0. The summed E-state index contributed by atoms with van der Waals surface area (Å²) in [6.07, 6.45) is 100. The zero-order chi connectivity index (χ0) is 74.5. The molecular formula is C90H178CaLaO10. The van der Waals surface area contributed by atoms with Gasteiger partial charge in [0.2, 0.25) is 0 Å². The van der Waals surface area contributed by atoms with Gasteiger partial charge in [-0.1, -0.05) is 484 Å². The van der Waals surface area contributed by atoms with Gasteiger partial charge in [0.25, 0.3) is 0 Å². The molecule has 12 heteroatoms. The van der Waals surface area contributed by atoms with Crippen molar-refractivity contribution in [3.63, 3.8) is 0 Å². The molecule has 0 fully saturated rings. The molecule has 0 aromatic rings. The van der Waals surface area contributed by atoms with Crippen LogP contribution in [-0.4, -0.2) is 82.9 Å². The third kappa shape index (κ3) is 135. The molecule has 0 atom stereocenters. The summed E-state index contributed by atoms with van der Waals surface area (Å²) < 4.78 is 0. The summed E-state index contributed by atoms with van der Waals surface area (Å²) in [5, 5.41) is 46.0. The van der Waals surface area contributed by atoms with Crippen molar-refractivity contribution in [3.05, 3.63) is 0 Å². The van der Waals surface area contributed by atoms with Crippen LogP contribution in [0.25, 0.3) is 0 Å². The molecule has 0 bridgehead atoms. The van der Waals surface area contributed by atoms with Crippen LogP contribution in [0.3, 0.4) is 0 Å². The summed E-state index contributed by atoms with van der Waals surface area (Å²) in [6, 6.07) is 0. The molecule has 0 aliphatic carbocycles. The van der Waals surface area contributed by atoms with Crippen LogP contribution in [0.2, 0.25) is 0 Å². The number of hydrogen-bond acceptors (Lipinski definition) is 7. The van der Waals surface area contributed by atoms with Gasteiger partial charge in [0.15, 0.2) is 0 Å². The van der Waals surface area contributed by atoms with Crippen molar-refractivity contribution in [1.29, 1.82) is 0 Å². The van der Waals surface area contributed by atoms with E-state index in [1.807, 2.05) is 0 Å². The average Bonchev–Trinajstić information content (AvgIpc) is 3.77. The van der Waals surface area contributed by atoms with Crippen LogP contribution >= 0.6 is 0 Å². The number of carbonyl (C=O) groups excluding carboxylic acids is 2. The minimum atomic E-state index is -0.903. The van der Waals surface area contributed by atoms with Gasteiger partial charge in [-0.15, -0.1) is 0 Å². The van der Waals surface area contributed by atoms with Gasteiger partial charge in [-0.2, -0.15) is 0 Å². The fraction of sp³-hybridized carbons (Fsp3) is 0.944. The van der Waals surface area contributed by atoms with Crippen LogP contribution in [-0.2, 0) is 24.0 Å². The third-order valence-corrected chi connectivity index (χ3v) is 20.0. The Hall–Kier alpha value is -0.195. The molecule has 0 spiro atoms. The van der Waals surface area contributed by atoms with Gasteiger partial charge in [0.05, 0.1) is 0 Å². The Labute approximate surface area is 694 Å². The van der Waals surface area contributed by atoms with Gasteiger partial charge in [-0.25, -0.2) is 0 Å². The second kappa shape index (κ2) is 112. The first-order chi connectivity index (χ1) is 48.9. The smallest absolute Gasteiger partial charge is 0.550 e. The van der Waals surface area contributed by atoms with Gasteiger partial charge in [-0.05, 0) is 44.9 Å². The zero-order valence-corrected chi connectivity index (χ0v) is 75.4. The molecule has 0 aliphatic heterocycles. The second-order valence-electron chi connectivity index (χ2n) is 30.4. The van der Waals surface area contributed by atoms with Gasteiger partial charge in [0, 0.05) is 66.8 Å². The molecule has 0 amide bonds. The summed E-state index contributed by atoms with van der Waals surface area (Å²) in [6.45, 7) is 11.3. The van der Waals surface area contributed by atoms with E-state index in [1.165, 1.54) is 417 Å². The number of carboxylic acids is 5. The largest absolute Gasteiger partial charge is 2.00 e. The molecule has 102 heavy (non-hydrogen) atoms. The van der Waals surface area contributed by atoms with E-state index >= 15 is 0 Å². The predicted octanol–water partition coefficient (Wildman–Crippen LogP) is 28.6. The number of carbonyl (C=O) groups is 5. The van der Waals surface area contributed by atoms with Crippen molar-refractivity contribution in [3.8, 4) is 0 Å². The predicted molar refractivity (Wildman–Crippen MR) is 436 cm³/mol. The molecule has 0 rings (SSSR count). The zero-order valence-electron chi connectivity index (χ0n) is 69.6. The molecule has 3 N–H and O–H groups in total. The van der Waals surface area contributed by atoms with Crippen LogP contribution in [0.4, 0.5) is 0 Å². The van der Waals surface area contributed by atoms with Crippen molar-refractivity contribution in [2.24, 2.45) is 0 Å². The van der Waals surface area contributed by atoms with E-state index < -0.39 is 29.8 Å². The molecular weight excluding hydrogens is 1420 g/mol. The van der Waals surface area contributed by atoms with Crippen LogP contribution in [0.15, 0.2) is 0 Å². The maximum Gasteiger partial charge on any atom is 2.00 e. The van der Waals surface area contributed by atoms with Crippen LogP contribution in [0, 0.1) is 35.6 Å². The van der Waals surface area contributed by atoms with Crippen LogP contribution in [0.5, 0.6) is 0 Å². The first-order valence-corrected chi connectivity index (χ1v) is 44.9. The normalized spacial score (nSPS) is 10.6. The second-order valence-corrected chi connectivity index (χ2v) is 30.4. The molecule has 603 valence electrons. The summed E-state index contributed by atoms with van der Waals surface area (Å²) in [5.74, 6) is -3.77. The number of rotatable bonds is 80. The Kier molecular flexibility index (Phi) is 126. The minimum Gasteiger partial charge on any atom is -0.550 e. The maximum atomic E-state index is 10.3. The van der Waals surface area contributed by atoms with E-state index in [4.69, 9.17) is 15.3 Å². The monoisotopic (exact) mass is 1600 g/mol. The number of hydrogen-bond donors (Lipinski definition) is 3. The maximum absolute atomic E-state index is 10.3. The molecule has 1 radical (unpaired) electrons. The fourth-order valence-corrected chi connectivity index (χ4v) is 13.2. The van der Waals surface area contributed by atoms with E-state index in [-0.39, 0.29) is 86.2 Å². The Morgan fingerprint density at radius 2 is 0.245 bits per heavy atom. The van der Waals surface area contributed by atoms with Gasteiger partial charge in [0.1, 0.15) is 0 Å². The molecule has 0 aromatic heterocycles. The van der Waals surface area contributed by atoms with E-state index in [9.17, 15) is 34.2 Å². The van der Waals surface area contributed by atoms with E-state index in [0.717, 1.165) is 64.2 Å². The van der Waals surface area contributed by atoms with Crippen molar-refractivity contribution < 1.29 is 85.1 Å². The summed E-state index contributed by atoms with van der Waals surface area (Å²) in [4.78, 5) is 51.4. The van der Waals surface area contributed by atoms with Gasteiger partial charge >= 0.3 is 55.6 Å². The molecule has 0 saturated carbocycles. The third-order valence-electron chi connectivity index (χ3n) is 20.0. The SMILES string of the molecule is CCCCCCCCCCCCCCCCCC(=O)O.CCCCCCCCCCCCCCCCCC(=O)O.CCCCCCCCCCCCCCCCCC(=O)O.CCCCCCCCCCCCCCCCCC(=O)[O-].CCCCCCCCCCCCCCCCCC(=O)[O-].[Ca+2].[La]. The summed E-state index contributed by atoms with van der Waals surface area (Å²) in [7, 11) is 0. The van der Waals surface area contributed by atoms with Crippen LogP contribution < -0.4 is 10.2 Å². The number of aliphatic carboxylic acids is 5. The molecule has 0 unspecified atom stereocenters. The molecule has 0 aliphatic rings. The molecule has 10 nitrogen and oxygen atoms in total. The number of carboxylic acid groups (broad SMARTS) is 5. The fourth-order valence-electron chi connectivity index (χ4n) is 13.2. The Morgan fingerprint density at radius 3 is 0.324 bits per heavy atom. The Balaban J connectivity index is -0.000000220. The topological polar surface area (TPSA) is 192 Å². The summed E-state index contributed by atoms with van der Waals surface area (Å²) >= 11 is 0. The molecule has 0 saturated heterocycles. The van der Waals surface area contributed by atoms with Gasteiger partial charge < -0.3 is 35.1 Å². The van der Waals surface area contributed by atoms with E-state index in [2.05, 4.69) is 34.6 Å². The first kappa shape index (κ1) is 115. The number of unbranched alkanes of at least 4 members (excludes halogenated alkanes) is 70. The van der Waals surface area contributed by atoms with Crippen molar-refractivity contribution in [2.45, 2.75) is 548 Å². The Morgan fingerprint density at radius 1 is 0.167 bits per heavy atom. The quantitative estimate of drug-likeness (QED) is 0.0390. The Bertz CT molecular complexity index is 1280. The average molecular weight is 1600 g/mol. The first-order valence-electron chi connectivity index (χ1n) is 44.9. The summed E-state index contributed by atoms with van der Waals surface area (Å²) in [5.41, 5.74) is 0. The van der Waals surface area contributed by atoms with E-state index in [1.54, 1.807) is 0 Å².